The lowest BCUT2D eigenvalue weighted by Crippen LogP contribution is -2.37. The van der Waals surface area contributed by atoms with Crippen molar-refractivity contribution in [1.29, 1.82) is 0 Å². The smallest absolute Gasteiger partial charge is 0.271 e. The monoisotopic (exact) mass is 345 g/mol. The molecule has 7 nitrogen and oxygen atoms in total. The van der Waals surface area contributed by atoms with Gasteiger partial charge in [0.1, 0.15) is 5.75 Å². The van der Waals surface area contributed by atoms with E-state index in [0.717, 1.165) is 5.56 Å². The van der Waals surface area contributed by atoms with Gasteiger partial charge in [-0.15, -0.1) is 0 Å². The standard InChI is InChI=1S/C16H15N3O4S/c1-11-5-7-14(8-6-11)23-10-15(20)18-16(24)17-12-3-2-4-13(9-12)19(21)22/h2-9H,10H2,1H3,(H2,17,18,20,24). The molecule has 2 N–H and O–H groups in total. The molecule has 0 aromatic heterocycles. The molecule has 1 amide bonds. The molecule has 0 atom stereocenters. The van der Waals surface area contributed by atoms with E-state index in [1.54, 1.807) is 18.2 Å². The van der Waals surface area contributed by atoms with Crippen LogP contribution in [-0.4, -0.2) is 22.5 Å². The Morgan fingerprint density at radius 1 is 1.25 bits per heavy atom. The highest BCUT2D eigenvalue weighted by Gasteiger charge is 2.09. The van der Waals surface area contributed by atoms with Gasteiger partial charge < -0.3 is 10.1 Å². The minimum absolute atomic E-state index is 0.0352. The van der Waals surface area contributed by atoms with E-state index in [-0.39, 0.29) is 17.4 Å². The minimum Gasteiger partial charge on any atom is -0.484 e. The van der Waals surface area contributed by atoms with Crippen molar-refractivity contribution in [3.63, 3.8) is 0 Å². The first-order chi connectivity index (χ1) is 11.4. The van der Waals surface area contributed by atoms with Gasteiger partial charge in [-0.25, -0.2) is 0 Å². The number of hydrogen-bond donors (Lipinski definition) is 2. The number of nitrogens with one attached hydrogen (secondary N) is 2. The average Bonchev–Trinajstić information content (AvgIpc) is 2.54. The van der Waals surface area contributed by atoms with Crippen LogP contribution in [0.4, 0.5) is 11.4 Å². The molecular formula is C16H15N3O4S. The van der Waals surface area contributed by atoms with E-state index >= 15 is 0 Å². The number of ether oxygens (including phenoxy) is 1. The Morgan fingerprint density at radius 2 is 1.96 bits per heavy atom. The number of thiocarbonyl (C=S) groups is 1. The Hall–Kier alpha value is -3.00. The zero-order chi connectivity index (χ0) is 17.5. The molecule has 0 aliphatic heterocycles. The maximum Gasteiger partial charge on any atom is 0.271 e. The predicted molar refractivity (Wildman–Crippen MR) is 94.1 cm³/mol. The summed E-state index contributed by atoms with van der Waals surface area (Å²) in [7, 11) is 0. The first-order valence-electron chi connectivity index (χ1n) is 6.99. The second-order valence-electron chi connectivity index (χ2n) is 4.91. The fourth-order valence-electron chi connectivity index (χ4n) is 1.81. The van der Waals surface area contributed by atoms with Crippen molar-refractivity contribution in [3.8, 4) is 5.75 Å². The first kappa shape index (κ1) is 17.4. The summed E-state index contributed by atoms with van der Waals surface area (Å²) in [4.78, 5) is 22.0. The Kier molecular flexibility index (Phi) is 5.80. The molecule has 2 aromatic rings. The van der Waals surface area contributed by atoms with Crippen molar-refractivity contribution in [2.45, 2.75) is 6.92 Å². The molecule has 0 radical (unpaired) electrons. The van der Waals surface area contributed by atoms with Crippen molar-refractivity contribution in [2.75, 3.05) is 11.9 Å². The highest BCUT2D eigenvalue weighted by molar-refractivity contribution is 7.80. The molecule has 0 fully saturated rings. The van der Waals surface area contributed by atoms with Crippen molar-refractivity contribution in [2.24, 2.45) is 0 Å². The highest BCUT2D eigenvalue weighted by Crippen LogP contribution is 2.16. The summed E-state index contributed by atoms with van der Waals surface area (Å²) in [5.41, 5.74) is 1.43. The van der Waals surface area contributed by atoms with E-state index in [1.807, 2.05) is 19.1 Å². The number of anilines is 1. The summed E-state index contributed by atoms with van der Waals surface area (Å²) >= 11 is 5.00. The molecule has 8 heteroatoms. The maximum absolute atomic E-state index is 11.8. The fraction of sp³-hybridized carbons (Fsp3) is 0.125. The summed E-state index contributed by atoms with van der Waals surface area (Å²) in [5, 5.41) is 15.9. The van der Waals surface area contributed by atoms with Crippen molar-refractivity contribution in [3.05, 3.63) is 64.2 Å². The summed E-state index contributed by atoms with van der Waals surface area (Å²) < 4.78 is 5.34. The van der Waals surface area contributed by atoms with Crippen LogP contribution in [0.15, 0.2) is 48.5 Å². The number of carbonyl (C=O) groups excluding carboxylic acids is 1. The van der Waals surface area contributed by atoms with E-state index in [4.69, 9.17) is 17.0 Å². The number of nitro benzene ring substituents is 1. The SMILES string of the molecule is Cc1ccc(OCC(=O)NC(=S)Nc2cccc([N+](=O)[O-])c2)cc1. The number of hydrogen-bond acceptors (Lipinski definition) is 5. The van der Waals surface area contributed by atoms with Crippen LogP contribution in [0.5, 0.6) is 5.75 Å². The molecule has 0 heterocycles. The Balaban J connectivity index is 1.83. The van der Waals surface area contributed by atoms with E-state index in [2.05, 4.69) is 10.6 Å². The van der Waals surface area contributed by atoms with Gasteiger partial charge in [0.2, 0.25) is 0 Å². The summed E-state index contributed by atoms with van der Waals surface area (Å²) in [6.07, 6.45) is 0. The fourth-order valence-corrected chi connectivity index (χ4v) is 2.04. The van der Waals surface area contributed by atoms with Crippen LogP contribution in [0.1, 0.15) is 5.56 Å². The minimum atomic E-state index is -0.512. The number of aryl methyl sites for hydroxylation is 1. The van der Waals surface area contributed by atoms with Crippen LogP contribution in [0, 0.1) is 17.0 Å². The second kappa shape index (κ2) is 8.02. The summed E-state index contributed by atoms with van der Waals surface area (Å²) in [6, 6.07) is 13.1. The lowest BCUT2D eigenvalue weighted by molar-refractivity contribution is -0.384. The van der Waals surface area contributed by atoms with Gasteiger partial charge in [0, 0.05) is 17.8 Å². The van der Waals surface area contributed by atoms with Gasteiger partial charge in [0.15, 0.2) is 11.7 Å². The number of benzene rings is 2. The zero-order valence-corrected chi connectivity index (χ0v) is 13.6. The van der Waals surface area contributed by atoms with Gasteiger partial charge in [0.05, 0.1) is 4.92 Å². The molecule has 0 aliphatic carbocycles. The van der Waals surface area contributed by atoms with Crippen LogP contribution in [0.3, 0.4) is 0 Å². The Morgan fingerprint density at radius 3 is 2.62 bits per heavy atom. The molecule has 0 saturated heterocycles. The summed E-state index contributed by atoms with van der Waals surface area (Å²) in [5.74, 6) is 0.145. The predicted octanol–water partition coefficient (Wildman–Crippen LogP) is 2.80. The third-order valence-electron chi connectivity index (χ3n) is 2.96. The molecule has 0 unspecified atom stereocenters. The normalized spacial score (nSPS) is 9.88. The molecule has 2 rings (SSSR count). The number of rotatable bonds is 5. The van der Waals surface area contributed by atoms with E-state index < -0.39 is 10.8 Å². The van der Waals surface area contributed by atoms with Crippen molar-refractivity contribution < 1.29 is 14.5 Å². The molecular weight excluding hydrogens is 330 g/mol. The zero-order valence-electron chi connectivity index (χ0n) is 12.8. The third kappa shape index (κ3) is 5.33. The molecule has 0 spiro atoms. The molecule has 24 heavy (non-hydrogen) atoms. The van der Waals surface area contributed by atoms with Gasteiger partial charge in [-0.05, 0) is 37.3 Å². The van der Waals surface area contributed by atoms with Gasteiger partial charge in [-0.1, -0.05) is 23.8 Å². The van der Waals surface area contributed by atoms with Gasteiger partial charge in [0.25, 0.3) is 11.6 Å². The summed E-state index contributed by atoms with van der Waals surface area (Å²) in [6.45, 7) is 1.76. The number of amides is 1. The van der Waals surface area contributed by atoms with E-state index in [9.17, 15) is 14.9 Å². The maximum atomic E-state index is 11.8. The van der Waals surface area contributed by atoms with Gasteiger partial charge in [-0.3, -0.25) is 20.2 Å². The highest BCUT2D eigenvalue weighted by atomic mass is 32.1. The van der Waals surface area contributed by atoms with Crippen LogP contribution < -0.4 is 15.4 Å². The van der Waals surface area contributed by atoms with Crippen molar-refractivity contribution in [1.82, 2.24) is 5.32 Å². The van der Waals surface area contributed by atoms with Crippen LogP contribution in [0.2, 0.25) is 0 Å². The number of carbonyl (C=O) groups is 1. The van der Waals surface area contributed by atoms with Crippen LogP contribution >= 0.6 is 12.2 Å². The Bertz CT molecular complexity index is 762. The topological polar surface area (TPSA) is 93.5 Å². The lowest BCUT2D eigenvalue weighted by atomic mass is 10.2. The molecule has 0 saturated carbocycles. The van der Waals surface area contributed by atoms with E-state index in [1.165, 1.54) is 18.2 Å². The van der Waals surface area contributed by atoms with Crippen LogP contribution in [-0.2, 0) is 4.79 Å². The van der Waals surface area contributed by atoms with Gasteiger partial charge >= 0.3 is 0 Å². The molecule has 0 bridgehead atoms. The third-order valence-corrected chi connectivity index (χ3v) is 3.16. The molecule has 2 aromatic carbocycles. The largest absolute Gasteiger partial charge is 0.484 e. The second-order valence-corrected chi connectivity index (χ2v) is 5.32. The first-order valence-corrected chi connectivity index (χ1v) is 7.39. The Labute approximate surface area is 143 Å². The number of non-ortho nitro benzene ring substituents is 1. The number of nitro groups is 1. The molecule has 124 valence electrons. The van der Waals surface area contributed by atoms with E-state index in [0.29, 0.717) is 11.4 Å². The quantitative estimate of drug-likeness (QED) is 0.492. The average molecular weight is 345 g/mol. The number of nitrogens with zero attached hydrogens (tertiary/aromatic N) is 1. The van der Waals surface area contributed by atoms with Crippen molar-refractivity contribution >= 4 is 34.6 Å². The van der Waals surface area contributed by atoms with Gasteiger partial charge in [-0.2, -0.15) is 0 Å². The van der Waals surface area contributed by atoms with Crippen LogP contribution in [0.25, 0.3) is 0 Å². The lowest BCUT2D eigenvalue weighted by Gasteiger charge is -2.10. The molecule has 0 aliphatic rings.